The molecule has 0 radical (unpaired) electrons. The number of benzene rings is 2. The zero-order valence-electron chi connectivity index (χ0n) is 28.2. The Labute approximate surface area is 302 Å². The van der Waals surface area contributed by atoms with Gasteiger partial charge in [0, 0.05) is 6.08 Å². The van der Waals surface area contributed by atoms with Crippen molar-refractivity contribution in [2.45, 2.75) is 99.4 Å². The summed E-state index contributed by atoms with van der Waals surface area (Å²) in [6.07, 6.45) is -20.3. The molecule has 2 aromatic carbocycles. The largest absolute Gasteiger partial charge is 0.504 e. The number of phenolic OH excluding ortho intramolecular Hbond substituents is 4. The Morgan fingerprint density at radius 2 is 1.43 bits per heavy atom. The molecule has 0 unspecified atom stereocenters. The molecular formula is C34H44O19. The Bertz CT molecular complexity index is 1560. The van der Waals surface area contributed by atoms with Crippen LogP contribution in [0.3, 0.4) is 0 Å². The van der Waals surface area contributed by atoms with Gasteiger partial charge >= 0.3 is 5.97 Å². The second kappa shape index (κ2) is 17.6. The summed E-state index contributed by atoms with van der Waals surface area (Å²) in [6.45, 7) is -0.0224. The molecule has 3 heterocycles. The van der Waals surface area contributed by atoms with E-state index in [-0.39, 0.29) is 30.3 Å². The van der Waals surface area contributed by atoms with Gasteiger partial charge in [0.1, 0.15) is 54.9 Å². The van der Waals surface area contributed by atoms with E-state index in [2.05, 4.69) is 0 Å². The average molecular weight is 757 g/mol. The number of aliphatic hydroxyl groups is 7. The van der Waals surface area contributed by atoms with Crippen LogP contribution in [0.5, 0.6) is 23.0 Å². The lowest BCUT2D eigenvalue weighted by molar-refractivity contribution is -0.381. The minimum absolute atomic E-state index is 0.137. The van der Waals surface area contributed by atoms with Crippen LogP contribution in [0.1, 0.15) is 18.1 Å². The first kappa shape index (κ1) is 40.5. The van der Waals surface area contributed by atoms with E-state index in [0.717, 1.165) is 6.08 Å². The lowest BCUT2D eigenvalue weighted by Crippen LogP contribution is -2.66. The molecule has 5 rings (SSSR count). The van der Waals surface area contributed by atoms with E-state index in [1.807, 2.05) is 0 Å². The predicted molar refractivity (Wildman–Crippen MR) is 174 cm³/mol. The second-order valence-electron chi connectivity index (χ2n) is 12.8. The zero-order valence-corrected chi connectivity index (χ0v) is 28.2. The van der Waals surface area contributed by atoms with Crippen LogP contribution in [-0.4, -0.2) is 168 Å². The number of phenols is 4. The molecular weight excluding hydrogens is 712 g/mol. The SMILES string of the molecule is C[C@@H]1O[C@@H](O[C@@H]2[C@@H](O)[C@H](OCCc3ccc(O)c(O)c3)O[C@H](CO)[C@H]2OC(=O)/C=C/c2ccc(O)c(O)c2)[C@H](O[C@@H]2OC[C@H](O)[C@H](O)[C@H]2O)[C@H](O)[C@H]1O. The highest BCUT2D eigenvalue weighted by atomic mass is 16.8. The Morgan fingerprint density at radius 3 is 2.11 bits per heavy atom. The van der Waals surface area contributed by atoms with Crippen molar-refractivity contribution >= 4 is 12.0 Å². The molecule has 0 amide bonds. The highest BCUT2D eigenvalue weighted by Gasteiger charge is 2.54. The summed E-state index contributed by atoms with van der Waals surface area (Å²) in [4.78, 5) is 13.1. The molecule has 3 aliphatic rings. The fraction of sp³-hybridized carbons (Fsp3) is 0.559. The third-order valence-corrected chi connectivity index (χ3v) is 8.99. The second-order valence-corrected chi connectivity index (χ2v) is 12.8. The molecule has 0 aliphatic carbocycles. The van der Waals surface area contributed by atoms with Crippen LogP contribution < -0.4 is 0 Å². The topological polar surface area (TPSA) is 304 Å². The third-order valence-electron chi connectivity index (χ3n) is 8.99. The molecule has 0 spiro atoms. The molecule has 14 atom stereocenters. The van der Waals surface area contributed by atoms with E-state index in [1.165, 1.54) is 49.4 Å². The molecule has 19 heteroatoms. The van der Waals surface area contributed by atoms with Gasteiger partial charge in [0.25, 0.3) is 0 Å². The van der Waals surface area contributed by atoms with Crippen molar-refractivity contribution in [2.75, 3.05) is 19.8 Å². The predicted octanol–water partition coefficient (Wildman–Crippen LogP) is -2.55. The van der Waals surface area contributed by atoms with E-state index >= 15 is 0 Å². The van der Waals surface area contributed by atoms with Crippen LogP contribution in [0, 0.1) is 0 Å². The quantitative estimate of drug-likeness (QED) is 0.0603. The van der Waals surface area contributed by atoms with Crippen molar-refractivity contribution in [1.29, 1.82) is 0 Å². The summed E-state index contributed by atoms with van der Waals surface area (Å²) in [6, 6.07) is 7.85. The molecule has 3 aliphatic heterocycles. The third kappa shape index (κ3) is 9.53. The maximum atomic E-state index is 13.1. The monoisotopic (exact) mass is 756 g/mol. The normalized spacial score (nSPS) is 36.4. The number of aliphatic hydroxyl groups excluding tert-OH is 7. The average Bonchev–Trinajstić information content (AvgIpc) is 3.13. The fourth-order valence-corrected chi connectivity index (χ4v) is 5.94. The standard InChI is InChI=1S/C34H44O19/c1-14-24(42)26(44)31(53-32-27(45)25(43)21(40)13-48-32)34(49-14)52-30-28(46)33(47-9-8-16-3-6-18(37)20(39)11-16)50-22(12-35)29(30)51-23(41)7-4-15-2-5-17(36)19(38)10-15/h2-7,10-11,14,21-22,24-40,42-46H,8-9,12-13H2,1H3/b7-4+/t14-,21-,22+,24-,25-,26+,27+,28+,29+,30+,31+,32-,33+,34-/m0/s1. The molecule has 0 saturated carbocycles. The summed E-state index contributed by atoms with van der Waals surface area (Å²) in [7, 11) is 0. The molecule has 19 nitrogen and oxygen atoms in total. The highest BCUT2D eigenvalue weighted by Crippen LogP contribution is 2.34. The smallest absolute Gasteiger partial charge is 0.331 e. The minimum atomic E-state index is -1.82. The van der Waals surface area contributed by atoms with Crippen LogP contribution >= 0.6 is 0 Å². The van der Waals surface area contributed by atoms with E-state index in [4.69, 9.17) is 33.2 Å². The van der Waals surface area contributed by atoms with Crippen LogP contribution in [-0.2, 0) is 44.4 Å². The number of hydrogen-bond acceptors (Lipinski definition) is 19. The van der Waals surface area contributed by atoms with Crippen molar-refractivity contribution in [3.05, 3.63) is 53.6 Å². The number of esters is 1. The lowest BCUT2D eigenvalue weighted by Gasteiger charge is -2.48. The van der Waals surface area contributed by atoms with Crippen LogP contribution in [0.15, 0.2) is 42.5 Å². The van der Waals surface area contributed by atoms with Gasteiger partial charge in [0.2, 0.25) is 0 Å². The summed E-state index contributed by atoms with van der Waals surface area (Å²) < 4.78 is 40.1. The summed E-state index contributed by atoms with van der Waals surface area (Å²) in [5.74, 6) is -2.58. The lowest BCUT2D eigenvalue weighted by atomic mass is 9.96. The Morgan fingerprint density at radius 1 is 0.755 bits per heavy atom. The fourth-order valence-electron chi connectivity index (χ4n) is 5.94. The zero-order chi connectivity index (χ0) is 38.6. The summed E-state index contributed by atoms with van der Waals surface area (Å²) in [5, 5.41) is 113. The molecule has 3 saturated heterocycles. The van der Waals surface area contributed by atoms with Crippen LogP contribution in [0.2, 0.25) is 0 Å². The van der Waals surface area contributed by atoms with Crippen molar-refractivity contribution < 1.29 is 94.1 Å². The van der Waals surface area contributed by atoms with Crippen molar-refractivity contribution in [2.24, 2.45) is 0 Å². The number of carbonyl (C=O) groups is 1. The van der Waals surface area contributed by atoms with E-state index in [1.54, 1.807) is 0 Å². The van der Waals surface area contributed by atoms with Crippen molar-refractivity contribution in [3.8, 4) is 23.0 Å². The first-order valence-corrected chi connectivity index (χ1v) is 16.6. The minimum Gasteiger partial charge on any atom is -0.504 e. The highest BCUT2D eigenvalue weighted by molar-refractivity contribution is 5.87. The van der Waals surface area contributed by atoms with Gasteiger partial charge in [0.05, 0.1) is 25.9 Å². The molecule has 11 N–H and O–H groups in total. The van der Waals surface area contributed by atoms with Gasteiger partial charge in [-0.2, -0.15) is 0 Å². The number of aromatic hydroxyl groups is 4. The van der Waals surface area contributed by atoms with Gasteiger partial charge in [-0.25, -0.2) is 4.79 Å². The molecule has 294 valence electrons. The molecule has 3 fully saturated rings. The summed E-state index contributed by atoms with van der Waals surface area (Å²) >= 11 is 0. The Hall–Kier alpha value is -3.67. The van der Waals surface area contributed by atoms with Gasteiger partial charge in [-0.15, -0.1) is 0 Å². The van der Waals surface area contributed by atoms with Crippen LogP contribution in [0.4, 0.5) is 0 Å². The molecule has 53 heavy (non-hydrogen) atoms. The number of carbonyl (C=O) groups excluding carboxylic acids is 1. The van der Waals surface area contributed by atoms with Gasteiger partial charge in [0.15, 0.2) is 48.0 Å². The van der Waals surface area contributed by atoms with Gasteiger partial charge in [-0.05, 0) is 54.8 Å². The molecule has 0 aromatic heterocycles. The maximum absolute atomic E-state index is 13.1. The number of rotatable bonds is 12. The number of ether oxygens (including phenoxy) is 7. The van der Waals surface area contributed by atoms with Gasteiger partial charge in [-0.1, -0.05) is 12.1 Å². The van der Waals surface area contributed by atoms with Crippen molar-refractivity contribution in [1.82, 2.24) is 0 Å². The number of hydrogen-bond donors (Lipinski definition) is 11. The molecule has 0 bridgehead atoms. The first-order valence-electron chi connectivity index (χ1n) is 16.6. The summed E-state index contributed by atoms with van der Waals surface area (Å²) in [5.41, 5.74) is 0.834. The van der Waals surface area contributed by atoms with Gasteiger partial charge < -0.3 is 89.3 Å². The Kier molecular flexibility index (Phi) is 13.5. The maximum Gasteiger partial charge on any atom is 0.331 e. The van der Waals surface area contributed by atoms with E-state index < -0.39 is 111 Å². The Balaban J connectivity index is 1.39. The van der Waals surface area contributed by atoms with E-state index in [9.17, 15) is 61.0 Å². The van der Waals surface area contributed by atoms with Gasteiger partial charge in [-0.3, -0.25) is 0 Å². The molecule has 2 aromatic rings. The van der Waals surface area contributed by atoms with Crippen molar-refractivity contribution in [3.63, 3.8) is 0 Å². The van der Waals surface area contributed by atoms with Crippen LogP contribution in [0.25, 0.3) is 6.08 Å². The first-order chi connectivity index (χ1) is 25.2. The van der Waals surface area contributed by atoms with E-state index in [0.29, 0.717) is 11.1 Å².